The van der Waals surface area contributed by atoms with Gasteiger partial charge in [-0.3, -0.25) is 0 Å². The van der Waals surface area contributed by atoms with Crippen LogP contribution in [0, 0.1) is 5.92 Å². The van der Waals surface area contributed by atoms with Crippen molar-refractivity contribution in [3.05, 3.63) is 29.8 Å². The highest BCUT2D eigenvalue weighted by molar-refractivity contribution is 5.56. The molecule has 2 nitrogen and oxygen atoms in total. The maximum absolute atomic E-state index is 6.65. The highest BCUT2D eigenvalue weighted by Gasteiger charge is 2.32. The molecule has 0 saturated heterocycles. The number of hydrogen-bond acceptors (Lipinski definition) is 2. The fourth-order valence-corrected chi connectivity index (χ4v) is 3.85. The summed E-state index contributed by atoms with van der Waals surface area (Å²) in [5.74, 6) is 0.738. The molecular formula is C17H26N2. The van der Waals surface area contributed by atoms with Crippen molar-refractivity contribution in [1.29, 1.82) is 0 Å². The third-order valence-electron chi connectivity index (χ3n) is 4.79. The van der Waals surface area contributed by atoms with Crippen molar-refractivity contribution in [2.75, 3.05) is 18.0 Å². The monoisotopic (exact) mass is 258 g/mol. The quantitative estimate of drug-likeness (QED) is 0.881. The van der Waals surface area contributed by atoms with Gasteiger partial charge in [0.15, 0.2) is 0 Å². The molecule has 1 heterocycles. The van der Waals surface area contributed by atoms with Gasteiger partial charge < -0.3 is 10.6 Å². The van der Waals surface area contributed by atoms with Crippen molar-refractivity contribution < 1.29 is 0 Å². The zero-order valence-corrected chi connectivity index (χ0v) is 12.1. The first-order valence-corrected chi connectivity index (χ1v) is 7.78. The molecule has 1 saturated carbocycles. The minimum absolute atomic E-state index is 0.0441. The highest BCUT2D eigenvalue weighted by Crippen LogP contribution is 2.33. The lowest BCUT2D eigenvalue weighted by molar-refractivity contribution is 0.292. The summed E-state index contributed by atoms with van der Waals surface area (Å²) in [6, 6.07) is 8.87. The molecule has 1 atom stereocenters. The topological polar surface area (TPSA) is 29.3 Å². The molecule has 1 fully saturated rings. The minimum Gasteiger partial charge on any atom is -0.369 e. The first-order valence-electron chi connectivity index (χ1n) is 7.78. The maximum atomic E-state index is 6.65. The van der Waals surface area contributed by atoms with E-state index in [1.807, 2.05) is 0 Å². The van der Waals surface area contributed by atoms with Crippen LogP contribution in [0.2, 0.25) is 0 Å². The summed E-state index contributed by atoms with van der Waals surface area (Å²) >= 11 is 0. The number of hydrogen-bond donors (Lipinski definition) is 1. The van der Waals surface area contributed by atoms with Crippen LogP contribution < -0.4 is 10.6 Å². The molecule has 104 valence electrons. The van der Waals surface area contributed by atoms with Crippen LogP contribution in [0.1, 0.15) is 44.6 Å². The molecule has 0 radical (unpaired) electrons. The smallest absolute Gasteiger partial charge is 0.0399 e. The van der Waals surface area contributed by atoms with Crippen molar-refractivity contribution in [2.24, 2.45) is 11.7 Å². The average molecular weight is 258 g/mol. The van der Waals surface area contributed by atoms with Gasteiger partial charge in [-0.1, -0.05) is 44.4 Å². The van der Waals surface area contributed by atoms with Gasteiger partial charge in [0, 0.05) is 24.3 Å². The lowest BCUT2D eigenvalue weighted by Crippen LogP contribution is -2.53. The Bertz CT molecular complexity index is 435. The molecule has 3 rings (SSSR count). The van der Waals surface area contributed by atoms with Gasteiger partial charge >= 0.3 is 0 Å². The number of rotatable bonds is 2. The summed E-state index contributed by atoms with van der Waals surface area (Å²) in [7, 11) is 0. The van der Waals surface area contributed by atoms with Crippen LogP contribution in [0.25, 0.3) is 0 Å². The van der Waals surface area contributed by atoms with Gasteiger partial charge in [-0.15, -0.1) is 0 Å². The van der Waals surface area contributed by atoms with Crippen LogP contribution in [0.15, 0.2) is 24.3 Å². The first kappa shape index (κ1) is 13.0. The van der Waals surface area contributed by atoms with E-state index in [0.717, 1.165) is 19.0 Å². The Morgan fingerprint density at radius 3 is 2.74 bits per heavy atom. The summed E-state index contributed by atoms with van der Waals surface area (Å²) in [6.07, 6.45) is 7.58. The van der Waals surface area contributed by atoms with Gasteiger partial charge in [-0.05, 0) is 36.8 Å². The number of nitrogens with zero attached hydrogens (tertiary/aromatic N) is 1. The molecule has 0 aromatic heterocycles. The largest absolute Gasteiger partial charge is 0.369 e. The van der Waals surface area contributed by atoms with Crippen molar-refractivity contribution in [2.45, 2.75) is 51.0 Å². The average Bonchev–Trinajstić information content (AvgIpc) is 2.39. The highest BCUT2D eigenvalue weighted by atomic mass is 15.2. The summed E-state index contributed by atoms with van der Waals surface area (Å²) in [5.41, 5.74) is 9.62. The summed E-state index contributed by atoms with van der Waals surface area (Å²) in [5, 5.41) is 0. The van der Waals surface area contributed by atoms with Crippen LogP contribution in [-0.4, -0.2) is 18.6 Å². The second kappa shape index (κ2) is 5.16. The van der Waals surface area contributed by atoms with Crippen LogP contribution in [0.4, 0.5) is 5.69 Å². The molecule has 0 bridgehead atoms. The minimum atomic E-state index is 0.0441. The molecule has 2 N–H and O–H groups in total. The first-order chi connectivity index (χ1) is 9.16. The van der Waals surface area contributed by atoms with E-state index in [9.17, 15) is 0 Å². The predicted octanol–water partition coefficient (Wildman–Crippen LogP) is 3.35. The molecule has 2 heteroatoms. The lowest BCUT2D eigenvalue weighted by Gasteiger charge is -2.42. The van der Waals surface area contributed by atoms with E-state index < -0.39 is 0 Å². The lowest BCUT2D eigenvalue weighted by atomic mass is 9.81. The van der Waals surface area contributed by atoms with Gasteiger partial charge in [0.25, 0.3) is 0 Å². The second-order valence-corrected chi connectivity index (χ2v) is 6.74. The Kier molecular flexibility index (Phi) is 3.53. The van der Waals surface area contributed by atoms with Gasteiger partial charge in [0.2, 0.25) is 0 Å². The Morgan fingerprint density at radius 1 is 1.21 bits per heavy atom. The SMILES string of the molecule is CC1Cc2ccccc2N(CC2(N)CCCCC2)C1. The number of anilines is 1. The summed E-state index contributed by atoms with van der Waals surface area (Å²) in [4.78, 5) is 2.55. The van der Waals surface area contributed by atoms with E-state index >= 15 is 0 Å². The molecule has 0 spiro atoms. The van der Waals surface area contributed by atoms with Crippen molar-refractivity contribution >= 4 is 5.69 Å². The van der Waals surface area contributed by atoms with E-state index in [4.69, 9.17) is 5.73 Å². The van der Waals surface area contributed by atoms with Gasteiger partial charge in [0.05, 0.1) is 0 Å². The maximum Gasteiger partial charge on any atom is 0.0399 e. The molecule has 1 aliphatic carbocycles. The zero-order chi connectivity index (χ0) is 13.3. The number of nitrogens with two attached hydrogens (primary N) is 1. The Hall–Kier alpha value is -1.02. The van der Waals surface area contributed by atoms with E-state index in [-0.39, 0.29) is 5.54 Å². The molecule has 1 aromatic rings. The molecule has 1 aliphatic heterocycles. The third kappa shape index (κ3) is 2.79. The molecule has 1 unspecified atom stereocenters. The van der Waals surface area contributed by atoms with E-state index in [0.29, 0.717) is 0 Å². The van der Waals surface area contributed by atoms with Crippen molar-refractivity contribution in [3.8, 4) is 0 Å². The van der Waals surface area contributed by atoms with Crippen LogP contribution in [0.3, 0.4) is 0 Å². The molecule has 1 aromatic carbocycles. The van der Waals surface area contributed by atoms with Crippen molar-refractivity contribution in [3.63, 3.8) is 0 Å². The predicted molar refractivity (Wildman–Crippen MR) is 81.5 cm³/mol. The summed E-state index contributed by atoms with van der Waals surface area (Å²) in [6.45, 7) is 4.55. The molecule has 2 aliphatic rings. The zero-order valence-electron chi connectivity index (χ0n) is 12.1. The van der Waals surface area contributed by atoms with Crippen LogP contribution >= 0.6 is 0 Å². The third-order valence-corrected chi connectivity index (χ3v) is 4.79. The van der Waals surface area contributed by atoms with E-state index in [1.54, 1.807) is 0 Å². The van der Waals surface area contributed by atoms with Crippen LogP contribution in [0.5, 0.6) is 0 Å². The summed E-state index contributed by atoms with van der Waals surface area (Å²) < 4.78 is 0. The number of para-hydroxylation sites is 1. The molecule has 19 heavy (non-hydrogen) atoms. The second-order valence-electron chi connectivity index (χ2n) is 6.74. The fraction of sp³-hybridized carbons (Fsp3) is 0.647. The van der Waals surface area contributed by atoms with E-state index in [2.05, 4.69) is 36.1 Å². The van der Waals surface area contributed by atoms with Gasteiger partial charge in [0.1, 0.15) is 0 Å². The van der Waals surface area contributed by atoms with Crippen molar-refractivity contribution in [1.82, 2.24) is 0 Å². The molecular weight excluding hydrogens is 232 g/mol. The van der Waals surface area contributed by atoms with E-state index in [1.165, 1.54) is 49.8 Å². The van der Waals surface area contributed by atoms with Gasteiger partial charge in [-0.2, -0.15) is 0 Å². The molecule has 0 amide bonds. The Morgan fingerprint density at radius 2 is 1.95 bits per heavy atom. The standard InChI is InChI=1S/C17H26N2/c1-14-11-15-7-3-4-8-16(15)19(12-14)13-17(18)9-5-2-6-10-17/h3-4,7-8,14H,2,5-6,9-13,18H2,1H3. The fourth-order valence-electron chi connectivity index (χ4n) is 3.85. The Balaban J connectivity index is 1.81. The van der Waals surface area contributed by atoms with Gasteiger partial charge in [-0.25, -0.2) is 0 Å². The van der Waals surface area contributed by atoms with Crippen LogP contribution in [-0.2, 0) is 6.42 Å². The number of benzene rings is 1. The number of fused-ring (bicyclic) bond motifs is 1. The normalized spacial score (nSPS) is 26.0. The Labute approximate surface area is 117 Å².